The number of carbonyl (C=O) groups is 2. The predicted octanol–water partition coefficient (Wildman–Crippen LogP) is 4.08. The van der Waals surface area contributed by atoms with Crippen LogP contribution in [0.2, 0.25) is 10.0 Å². The fourth-order valence-electron chi connectivity index (χ4n) is 2.72. The van der Waals surface area contributed by atoms with Crippen molar-refractivity contribution in [2.24, 2.45) is 0 Å². The molecular weight excluding hydrogens is 621 g/mol. The normalized spacial score (nSPS) is 12.6. The van der Waals surface area contributed by atoms with E-state index in [-0.39, 0.29) is 0 Å². The minimum Gasteiger partial charge on any atom is -0.495 e. The molecule has 10 nitrogen and oxygen atoms in total. The van der Waals surface area contributed by atoms with Gasteiger partial charge in [-0.2, -0.15) is 51.8 Å². The second-order valence-corrected chi connectivity index (χ2v) is 11.1. The second-order valence-electron chi connectivity index (χ2n) is 6.67. The molecule has 0 aliphatic carbocycles. The van der Waals surface area contributed by atoms with Crippen LogP contribution in [-0.2, 0) is 29.6 Å². The van der Waals surface area contributed by atoms with Gasteiger partial charge in [-0.1, -0.05) is 23.2 Å². The highest BCUT2D eigenvalue weighted by Gasteiger charge is 2.58. The Balaban J connectivity index is 2.97. The van der Waals surface area contributed by atoms with Crippen LogP contribution in [0.3, 0.4) is 0 Å². The lowest BCUT2D eigenvalue weighted by molar-refractivity contribution is -0.135. The number of ether oxygens (including phenoxy) is 2. The molecule has 0 N–H and O–H groups in total. The summed E-state index contributed by atoms with van der Waals surface area (Å²) in [4.78, 5) is 26.1. The molecule has 2 aromatic rings. The molecular formula is C18H12Cl2F6N2O8S2. The summed E-state index contributed by atoms with van der Waals surface area (Å²) in [7, 11) is -12.3. The lowest BCUT2D eigenvalue weighted by Gasteiger charge is -2.28. The van der Waals surface area contributed by atoms with Gasteiger partial charge in [0.25, 0.3) is 0 Å². The van der Waals surface area contributed by atoms with E-state index in [1.54, 1.807) is 0 Å². The highest BCUT2D eigenvalue weighted by molar-refractivity contribution is 7.95. The number of halogens is 8. The molecule has 0 saturated heterocycles. The minimum absolute atomic E-state index is 0.400. The fourth-order valence-corrected chi connectivity index (χ4v) is 4.86. The van der Waals surface area contributed by atoms with Crippen molar-refractivity contribution in [3.63, 3.8) is 0 Å². The summed E-state index contributed by atoms with van der Waals surface area (Å²) in [6.07, 6.45) is 0. The van der Waals surface area contributed by atoms with E-state index in [2.05, 4.69) is 0 Å². The van der Waals surface area contributed by atoms with Crippen LogP contribution < -0.4 is 18.1 Å². The molecule has 0 fully saturated rings. The van der Waals surface area contributed by atoms with E-state index in [4.69, 9.17) is 32.7 Å². The van der Waals surface area contributed by atoms with E-state index in [9.17, 15) is 52.8 Å². The summed E-state index contributed by atoms with van der Waals surface area (Å²) in [6.45, 7) is 0. The lowest BCUT2D eigenvalue weighted by atomic mass is 10.2. The van der Waals surface area contributed by atoms with Crippen molar-refractivity contribution >= 4 is 66.4 Å². The molecule has 0 saturated carbocycles. The Hall–Kier alpha value is -2.96. The van der Waals surface area contributed by atoms with Crippen LogP contribution >= 0.6 is 23.2 Å². The first-order valence-electron chi connectivity index (χ1n) is 9.21. The van der Waals surface area contributed by atoms with E-state index in [1.807, 2.05) is 0 Å². The molecule has 2 amide bonds. The first kappa shape index (κ1) is 31.3. The van der Waals surface area contributed by atoms with Gasteiger partial charge in [-0.3, -0.25) is 9.59 Å². The third kappa shape index (κ3) is 5.71. The van der Waals surface area contributed by atoms with Crippen molar-refractivity contribution in [2.45, 2.75) is 11.0 Å². The predicted molar refractivity (Wildman–Crippen MR) is 121 cm³/mol. The van der Waals surface area contributed by atoms with Crippen molar-refractivity contribution in [3.05, 3.63) is 46.4 Å². The molecule has 2 aromatic carbocycles. The number of sulfonamides is 2. The maximum absolute atomic E-state index is 13.5. The van der Waals surface area contributed by atoms with E-state index in [0.717, 1.165) is 38.5 Å². The maximum atomic E-state index is 13.5. The van der Waals surface area contributed by atoms with Gasteiger partial charge in [0, 0.05) is 10.0 Å². The Bertz CT molecular complexity index is 1370. The molecule has 0 radical (unpaired) electrons. The number of amides is 2. The Morgan fingerprint density at radius 2 is 0.974 bits per heavy atom. The average molecular weight is 633 g/mol. The van der Waals surface area contributed by atoms with Crippen molar-refractivity contribution in [2.75, 3.05) is 22.8 Å². The van der Waals surface area contributed by atoms with Crippen molar-refractivity contribution < 1.29 is 62.2 Å². The van der Waals surface area contributed by atoms with Crippen LogP contribution in [0.25, 0.3) is 0 Å². The number of nitrogens with zero attached hydrogens (tertiary/aromatic N) is 2. The minimum atomic E-state index is -6.94. The second kappa shape index (κ2) is 10.7. The maximum Gasteiger partial charge on any atom is 0.517 e. The third-order valence-electron chi connectivity index (χ3n) is 4.34. The van der Waals surface area contributed by atoms with Crippen LogP contribution in [0.15, 0.2) is 36.4 Å². The van der Waals surface area contributed by atoms with Gasteiger partial charge >= 0.3 is 42.9 Å². The standard InChI is InChI=1S/C18H12Cl2F6N2O8S2/c1-35-13-5-3-9(19)7-11(13)27(37(31,32)17(21,22)23)15(29)16(30)28(38(33,34)18(24,25)26)12-8-10(20)4-6-14(12)36-2/h3-8H,1-2H3. The van der Waals surface area contributed by atoms with E-state index in [1.165, 1.54) is 0 Å². The van der Waals surface area contributed by atoms with Crippen molar-refractivity contribution in [1.29, 1.82) is 0 Å². The highest BCUT2D eigenvalue weighted by Crippen LogP contribution is 2.41. The number of carbonyl (C=O) groups excluding carboxylic acids is 2. The molecule has 20 heteroatoms. The van der Waals surface area contributed by atoms with Gasteiger partial charge in [0.1, 0.15) is 22.9 Å². The molecule has 38 heavy (non-hydrogen) atoms. The van der Waals surface area contributed by atoms with Crippen molar-refractivity contribution in [3.8, 4) is 11.5 Å². The smallest absolute Gasteiger partial charge is 0.495 e. The van der Waals surface area contributed by atoms with Crippen molar-refractivity contribution in [1.82, 2.24) is 0 Å². The summed E-state index contributed by atoms with van der Waals surface area (Å²) < 4.78 is 137. The van der Waals surface area contributed by atoms with E-state index < -0.39 is 84.4 Å². The van der Waals surface area contributed by atoms with Gasteiger partial charge in [-0.15, -0.1) is 0 Å². The molecule has 0 spiro atoms. The van der Waals surface area contributed by atoms with Gasteiger partial charge in [-0.05, 0) is 36.4 Å². The molecule has 0 aromatic heterocycles. The number of methoxy groups -OCH3 is 2. The Morgan fingerprint density at radius 1 is 0.684 bits per heavy atom. The number of benzene rings is 2. The average Bonchev–Trinajstić information content (AvgIpc) is 2.77. The monoisotopic (exact) mass is 632 g/mol. The topological polar surface area (TPSA) is 127 Å². The first-order valence-corrected chi connectivity index (χ1v) is 12.8. The van der Waals surface area contributed by atoms with E-state index in [0.29, 0.717) is 12.1 Å². The number of rotatable bonds is 6. The molecule has 0 bridgehead atoms. The van der Waals surface area contributed by atoms with Gasteiger partial charge < -0.3 is 9.47 Å². The lowest BCUT2D eigenvalue weighted by Crippen LogP contribution is -2.55. The van der Waals surface area contributed by atoms with Crippen LogP contribution in [-0.4, -0.2) is 53.9 Å². The summed E-state index contributed by atoms with van der Waals surface area (Å²) >= 11 is 11.3. The van der Waals surface area contributed by atoms with Gasteiger partial charge in [0.05, 0.1) is 14.2 Å². The number of alkyl halides is 6. The summed E-state index contributed by atoms with van der Waals surface area (Å²) in [6, 6.07) is 4.25. The zero-order valence-corrected chi connectivity index (χ0v) is 21.6. The molecule has 0 aliphatic rings. The summed E-state index contributed by atoms with van der Waals surface area (Å²) in [5.74, 6) is -7.49. The van der Waals surface area contributed by atoms with Crippen LogP contribution in [0, 0.1) is 0 Å². The summed E-state index contributed by atoms with van der Waals surface area (Å²) in [5, 5.41) is -1.03. The largest absolute Gasteiger partial charge is 0.517 e. The Morgan fingerprint density at radius 3 is 1.21 bits per heavy atom. The number of anilines is 2. The van der Waals surface area contributed by atoms with Crippen LogP contribution in [0.5, 0.6) is 11.5 Å². The quantitative estimate of drug-likeness (QED) is 0.344. The molecule has 0 atom stereocenters. The van der Waals surface area contributed by atoms with Crippen LogP contribution in [0.1, 0.15) is 0 Å². The molecule has 2 rings (SSSR count). The Kier molecular flexibility index (Phi) is 8.77. The molecule has 0 aliphatic heterocycles. The zero-order valence-electron chi connectivity index (χ0n) is 18.5. The van der Waals surface area contributed by atoms with Gasteiger partial charge in [-0.25, -0.2) is 0 Å². The zero-order chi connectivity index (χ0) is 29.4. The molecule has 0 unspecified atom stereocenters. The highest BCUT2D eigenvalue weighted by atomic mass is 35.5. The fraction of sp³-hybridized carbons (Fsp3) is 0.222. The number of hydrogen-bond donors (Lipinski definition) is 0. The molecule has 0 heterocycles. The third-order valence-corrected chi connectivity index (χ3v) is 7.66. The van der Waals surface area contributed by atoms with Gasteiger partial charge in [0.2, 0.25) is 0 Å². The molecule has 210 valence electrons. The summed E-state index contributed by atoms with van der Waals surface area (Å²) in [5.41, 5.74) is -15.4. The van der Waals surface area contributed by atoms with Gasteiger partial charge in [0.15, 0.2) is 0 Å². The Labute approximate surface area is 220 Å². The van der Waals surface area contributed by atoms with E-state index >= 15 is 0 Å². The number of hydrogen-bond acceptors (Lipinski definition) is 8. The first-order chi connectivity index (χ1) is 17.2. The van der Waals surface area contributed by atoms with Crippen LogP contribution in [0.4, 0.5) is 37.7 Å². The SMILES string of the molecule is COc1ccc(Cl)cc1N(C(=O)C(=O)N(c1cc(Cl)ccc1OC)S(=O)(=O)C(F)(F)F)S(=O)(=O)C(F)(F)F.